The average Bonchev–Trinajstić information content (AvgIpc) is 3.35. The van der Waals surface area contributed by atoms with Crippen molar-refractivity contribution in [3.05, 3.63) is 47.9 Å². The first kappa shape index (κ1) is 20.1. The summed E-state index contributed by atoms with van der Waals surface area (Å²) in [5.41, 5.74) is 1.98. The van der Waals surface area contributed by atoms with Gasteiger partial charge in [-0.2, -0.15) is 10.2 Å². The highest BCUT2D eigenvalue weighted by atomic mass is 16.5. The van der Waals surface area contributed by atoms with Gasteiger partial charge in [-0.25, -0.2) is 4.79 Å². The molecule has 0 saturated carbocycles. The minimum Gasteiger partial charge on any atom is -0.497 e. The van der Waals surface area contributed by atoms with E-state index in [2.05, 4.69) is 20.6 Å². The molecule has 0 fully saturated rings. The predicted octanol–water partition coefficient (Wildman–Crippen LogP) is 3.12. The minimum atomic E-state index is -0.593. The zero-order valence-electron chi connectivity index (χ0n) is 16.7. The van der Waals surface area contributed by atoms with Gasteiger partial charge in [0.25, 0.3) is 5.91 Å². The number of rotatable bonds is 7. The maximum Gasteiger partial charge on any atom is 0.361 e. The summed E-state index contributed by atoms with van der Waals surface area (Å²) in [7, 11) is 1.58. The first-order valence-electron chi connectivity index (χ1n) is 9.20. The first-order valence-corrected chi connectivity index (χ1v) is 9.20. The number of anilines is 1. The number of carbonyl (C=O) groups is 2. The maximum absolute atomic E-state index is 12.7. The van der Waals surface area contributed by atoms with Crippen LogP contribution in [-0.2, 0) is 11.3 Å². The van der Waals surface area contributed by atoms with Crippen molar-refractivity contribution in [1.82, 2.24) is 20.0 Å². The Morgan fingerprint density at radius 2 is 2.07 bits per heavy atom. The SMILES string of the molecule is CCn1cc(NC(=O)c2cc(-c3cccc(OC)c3)n[nH]2)c(C(=O)OC(C)C)n1. The van der Waals surface area contributed by atoms with Crippen molar-refractivity contribution in [1.29, 1.82) is 0 Å². The molecule has 0 aliphatic rings. The molecular weight excluding hydrogens is 374 g/mol. The van der Waals surface area contributed by atoms with Gasteiger partial charge in [0.2, 0.25) is 0 Å². The third-order valence-corrected chi connectivity index (χ3v) is 4.06. The summed E-state index contributed by atoms with van der Waals surface area (Å²) in [5, 5.41) is 13.8. The summed E-state index contributed by atoms with van der Waals surface area (Å²) >= 11 is 0. The predicted molar refractivity (Wildman–Crippen MR) is 107 cm³/mol. The molecule has 9 heteroatoms. The van der Waals surface area contributed by atoms with Crippen molar-refractivity contribution >= 4 is 17.6 Å². The molecule has 3 aromatic rings. The lowest BCUT2D eigenvalue weighted by molar-refractivity contribution is 0.0371. The number of nitrogens with zero attached hydrogens (tertiary/aromatic N) is 3. The highest BCUT2D eigenvalue weighted by Crippen LogP contribution is 2.23. The van der Waals surface area contributed by atoms with E-state index < -0.39 is 11.9 Å². The van der Waals surface area contributed by atoms with Crippen LogP contribution < -0.4 is 10.1 Å². The van der Waals surface area contributed by atoms with Crippen LogP contribution in [-0.4, -0.2) is 45.1 Å². The number of hydrogen-bond acceptors (Lipinski definition) is 6. The van der Waals surface area contributed by atoms with Crippen LogP contribution in [0.4, 0.5) is 5.69 Å². The monoisotopic (exact) mass is 397 g/mol. The standard InChI is InChI=1S/C20H23N5O4/c1-5-25-11-17(18(24-25)20(27)29-12(2)3)21-19(26)16-10-15(22-23-16)13-7-6-8-14(9-13)28-4/h6-12H,5H2,1-4H3,(H,21,26)(H,22,23). The third-order valence-electron chi connectivity index (χ3n) is 4.06. The van der Waals surface area contributed by atoms with E-state index in [9.17, 15) is 9.59 Å². The highest BCUT2D eigenvalue weighted by Gasteiger charge is 2.22. The Morgan fingerprint density at radius 1 is 1.28 bits per heavy atom. The minimum absolute atomic E-state index is 0.0569. The zero-order chi connectivity index (χ0) is 21.0. The van der Waals surface area contributed by atoms with E-state index in [0.717, 1.165) is 5.56 Å². The zero-order valence-corrected chi connectivity index (χ0v) is 16.7. The van der Waals surface area contributed by atoms with E-state index >= 15 is 0 Å². The Balaban J connectivity index is 1.81. The molecule has 0 aliphatic carbocycles. The molecule has 3 rings (SSSR count). The second-order valence-electron chi connectivity index (χ2n) is 6.55. The quantitative estimate of drug-likeness (QED) is 0.593. The second kappa shape index (κ2) is 8.59. The number of aromatic nitrogens is 4. The lowest BCUT2D eigenvalue weighted by Gasteiger charge is -2.07. The van der Waals surface area contributed by atoms with Crippen LogP contribution in [0.5, 0.6) is 5.75 Å². The summed E-state index contributed by atoms with van der Waals surface area (Å²) in [5.74, 6) is -0.345. The summed E-state index contributed by atoms with van der Waals surface area (Å²) in [6.07, 6.45) is 1.30. The van der Waals surface area contributed by atoms with Gasteiger partial charge < -0.3 is 14.8 Å². The lowest BCUT2D eigenvalue weighted by Crippen LogP contribution is -2.17. The van der Waals surface area contributed by atoms with Gasteiger partial charge in [-0.05, 0) is 39.0 Å². The van der Waals surface area contributed by atoms with Crippen molar-refractivity contribution in [2.45, 2.75) is 33.4 Å². The molecule has 2 aromatic heterocycles. The van der Waals surface area contributed by atoms with Crippen LogP contribution in [0.15, 0.2) is 36.5 Å². The van der Waals surface area contributed by atoms with Crippen LogP contribution in [0.2, 0.25) is 0 Å². The van der Waals surface area contributed by atoms with E-state index in [1.54, 1.807) is 37.9 Å². The van der Waals surface area contributed by atoms with Gasteiger partial charge in [0.15, 0.2) is 5.69 Å². The molecule has 2 N–H and O–H groups in total. The molecule has 0 atom stereocenters. The van der Waals surface area contributed by atoms with E-state index in [4.69, 9.17) is 9.47 Å². The summed E-state index contributed by atoms with van der Waals surface area (Å²) in [6.45, 7) is 5.92. The molecule has 0 radical (unpaired) electrons. The molecule has 1 amide bonds. The van der Waals surface area contributed by atoms with Gasteiger partial charge in [0, 0.05) is 18.3 Å². The Morgan fingerprint density at radius 3 is 2.76 bits per heavy atom. The smallest absolute Gasteiger partial charge is 0.361 e. The van der Waals surface area contributed by atoms with E-state index in [1.807, 2.05) is 31.2 Å². The largest absolute Gasteiger partial charge is 0.497 e. The van der Waals surface area contributed by atoms with Gasteiger partial charge in [0.1, 0.15) is 11.4 Å². The fraction of sp³-hybridized carbons (Fsp3) is 0.300. The van der Waals surface area contributed by atoms with E-state index in [1.165, 1.54) is 0 Å². The number of aromatic amines is 1. The maximum atomic E-state index is 12.7. The van der Waals surface area contributed by atoms with Gasteiger partial charge in [-0.3, -0.25) is 14.6 Å². The molecular formula is C20H23N5O4. The number of esters is 1. The fourth-order valence-electron chi connectivity index (χ4n) is 2.65. The number of hydrogen-bond donors (Lipinski definition) is 2. The number of benzene rings is 1. The van der Waals surface area contributed by atoms with Crippen LogP contribution in [0, 0.1) is 0 Å². The fourth-order valence-corrected chi connectivity index (χ4v) is 2.65. The molecule has 0 bridgehead atoms. The topological polar surface area (TPSA) is 111 Å². The second-order valence-corrected chi connectivity index (χ2v) is 6.55. The Bertz CT molecular complexity index is 1020. The molecule has 152 valence electrons. The number of methoxy groups -OCH3 is 1. The Labute approximate surface area is 168 Å². The molecule has 0 unspecified atom stereocenters. The molecule has 9 nitrogen and oxygen atoms in total. The normalized spacial score (nSPS) is 10.8. The number of carbonyl (C=O) groups excluding carboxylic acids is 2. The third kappa shape index (κ3) is 4.63. The lowest BCUT2D eigenvalue weighted by atomic mass is 10.1. The highest BCUT2D eigenvalue weighted by molar-refractivity contribution is 6.06. The van der Waals surface area contributed by atoms with Crippen molar-refractivity contribution in [2.75, 3.05) is 12.4 Å². The van der Waals surface area contributed by atoms with Gasteiger partial charge >= 0.3 is 5.97 Å². The van der Waals surface area contributed by atoms with Crippen LogP contribution in [0.25, 0.3) is 11.3 Å². The summed E-state index contributed by atoms with van der Waals surface area (Å²) in [6, 6.07) is 8.98. The van der Waals surface area contributed by atoms with E-state index in [0.29, 0.717) is 18.0 Å². The number of aryl methyl sites for hydroxylation is 1. The van der Waals surface area contributed by atoms with Gasteiger partial charge in [-0.1, -0.05) is 12.1 Å². The molecule has 1 aromatic carbocycles. The van der Waals surface area contributed by atoms with E-state index in [-0.39, 0.29) is 23.2 Å². The van der Waals surface area contributed by atoms with Crippen LogP contribution in [0.1, 0.15) is 41.7 Å². The average molecular weight is 397 g/mol. The van der Waals surface area contributed by atoms with Gasteiger partial charge in [-0.15, -0.1) is 0 Å². The van der Waals surface area contributed by atoms with Crippen LogP contribution >= 0.6 is 0 Å². The number of nitrogens with one attached hydrogen (secondary N) is 2. The van der Waals surface area contributed by atoms with Crippen molar-refractivity contribution in [3.63, 3.8) is 0 Å². The molecule has 0 aliphatic heterocycles. The Hall–Kier alpha value is -3.62. The van der Waals surface area contributed by atoms with Crippen LogP contribution in [0.3, 0.4) is 0 Å². The number of ether oxygens (including phenoxy) is 2. The molecule has 2 heterocycles. The number of amides is 1. The number of H-pyrrole nitrogens is 1. The van der Waals surface area contributed by atoms with Gasteiger partial charge in [0.05, 0.1) is 24.6 Å². The Kier molecular flexibility index (Phi) is 5.96. The van der Waals surface area contributed by atoms with Crippen molar-refractivity contribution < 1.29 is 19.1 Å². The van der Waals surface area contributed by atoms with Crippen molar-refractivity contribution in [2.24, 2.45) is 0 Å². The summed E-state index contributed by atoms with van der Waals surface area (Å²) < 4.78 is 12.0. The first-order chi connectivity index (χ1) is 13.9. The molecule has 29 heavy (non-hydrogen) atoms. The van der Waals surface area contributed by atoms with Crippen molar-refractivity contribution in [3.8, 4) is 17.0 Å². The molecule has 0 spiro atoms. The summed E-state index contributed by atoms with van der Waals surface area (Å²) in [4.78, 5) is 25.0. The molecule has 0 saturated heterocycles.